The van der Waals surface area contributed by atoms with E-state index < -0.39 is 22.0 Å². The molecule has 0 bridgehead atoms. The van der Waals surface area contributed by atoms with Gasteiger partial charge in [0.1, 0.15) is 6.04 Å². The first kappa shape index (κ1) is 20.9. The van der Waals surface area contributed by atoms with Gasteiger partial charge in [-0.15, -0.1) is 0 Å². The van der Waals surface area contributed by atoms with E-state index in [0.717, 1.165) is 10.6 Å². The number of carbonyl (C=O) groups excluding carboxylic acids is 2. The summed E-state index contributed by atoms with van der Waals surface area (Å²) in [4.78, 5) is 26.2. The van der Waals surface area contributed by atoms with Crippen LogP contribution in [0.1, 0.15) is 40.5 Å². The summed E-state index contributed by atoms with van der Waals surface area (Å²) in [6, 6.07) is -0.809. The minimum absolute atomic E-state index is 0.241. The lowest BCUT2D eigenvalue weighted by Crippen LogP contribution is -2.43. The molecule has 140 valence electrons. The van der Waals surface area contributed by atoms with E-state index in [1.807, 2.05) is 27.7 Å². The summed E-state index contributed by atoms with van der Waals surface area (Å²) in [5.41, 5.74) is 0. The third-order valence-corrected chi connectivity index (χ3v) is 5.05. The highest BCUT2D eigenvalue weighted by Gasteiger charge is 2.37. The third kappa shape index (κ3) is 6.39. The van der Waals surface area contributed by atoms with Crippen LogP contribution in [0.5, 0.6) is 0 Å². The Morgan fingerprint density at radius 1 is 1.17 bits per heavy atom. The van der Waals surface area contributed by atoms with Crippen molar-refractivity contribution in [2.75, 3.05) is 32.5 Å². The van der Waals surface area contributed by atoms with Crippen LogP contribution in [-0.4, -0.2) is 68.0 Å². The molecule has 1 saturated heterocycles. The predicted molar refractivity (Wildman–Crippen MR) is 91.8 cm³/mol. The Labute approximate surface area is 145 Å². The molecule has 1 atom stereocenters. The van der Waals surface area contributed by atoms with Crippen molar-refractivity contribution in [1.29, 1.82) is 0 Å². The zero-order valence-electron chi connectivity index (χ0n) is 15.3. The molecule has 0 radical (unpaired) electrons. The van der Waals surface area contributed by atoms with Crippen LogP contribution in [0.25, 0.3) is 0 Å². The van der Waals surface area contributed by atoms with Gasteiger partial charge in [-0.1, -0.05) is 27.7 Å². The van der Waals surface area contributed by atoms with Gasteiger partial charge in [0.2, 0.25) is 10.0 Å². The van der Waals surface area contributed by atoms with Crippen LogP contribution in [0, 0.1) is 11.8 Å². The number of ether oxygens (including phenoxy) is 1. The number of nitrogens with zero attached hydrogens (tertiary/aromatic N) is 2. The highest BCUT2D eigenvalue weighted by Crippen LogP contribution is 2.21. The molecule has 1 aliphatic rings. The highest BCUT2D eigenvalue weighted by molar-refractivity contribution is 7.88. The molecule has 0 spiro atoms. The van der Waals surface area contributed by atoms with Crippen molar-refractivity contribution in [3.8, 4) is 0 Å². The number of hydrogen-bond acceptors (Lipinski definition) is 5. The molecule has 1 heterocycles. The second kappa shape index (κ2) is 8.80. The van der Waals surface area contributed by atoms with Crippen molar-refractivity contribution in [1.82, 2.24) is 9.21 Å². The molecule has 1 fully saturated rings. The zero-order chi connectivity index (χ0) is 18.5. The monoisotopic (exact) mass is 362 g/mol. The molecule has 1 unspecified atom stereocenters. The SMILES string of the molecule is CC(C)CN(CC(C)C)C(=O)COC(=O)C1CCCN1S(C)(=O)=O. The van der Waals surface area contributed by atoms with Gasteiger partial charge in [0.15, 0.2) is 6.61 Å². The summed E-state index contributed by atoms with van der Waals surface area (Å²) in [5, 5.41) is 0. The van der Waals surface area contributed by atoms with Crippen LogP contribution in [0.4, 0.5) is 0 Å². The second-order valence-corrected chi connectivity index (χ2v) is 9.16. The van der Waals surface area contributed by atoms with Crippen LogP contribution >= 0.6 is 0 Å². The average molecular weight is 362 g/mol. The van der Waals surface area contributed by atoms with Crippen molar-refractivity contribution in [3.05, 3.63) is 0 Å². The van der Waals surface area contributed by atoms with Crippen LogP contribution in [-0.2, 0) is 24.3 Å². The lowest BCUT2D eigenvalue weighted by molar-refractivity contribution is -0.155. The fraction of sp³-hybridized carbons (Fsp3) is 0.875. The van der Waals surface area contributed by atoms with Crippen LogP contribution in [0.3, 0.4) is 0 Å². The molecule has 0 saturated carbocycles. The first-order valence-corrected chi connectivity index (χ1v) is 10.3. The summed E-state index contributed by atoms with van der Waals surface area (Å²) in [7, 11) is -3.45. The molecule has 7 nitrogen and oxygen atoms in total. The van der Waals surface area contributed by atoms with Gasteiger partial charge in [0.05, 0.1) is 6.26 Å². The normalized spacial score (nSPS) is 19.0. The van der Waals surface area contributed by atoms with Crippen molar-refractivity contribution in [3.63, 3.8) is 0 Å². The molecule has 0 N–H and O–H groups in total. The van der Waals surface area contributed by atoms with Gasteiger partial charge in [-0.25, -0.2) is 8.42 Å². The Balaban J connectivity index is 2.62. The van der Waals surface area contributed by atoms with Gasteiger partial charge >= 0.3 is 5.97 Å². The Bertz CT molecular complexity index is 535. The van der Waals surface area contributed by atoms with E-state index in [1.165, 1.54) is 0 Å². The molecular weight excluding hydrogens is 332 g/mol. The maximum absolute atomic E-state index is 12.3. The molecule has 1 rings (SSSR count). The van der Waals surface area contributed by atoms with Crippen molar-refractivity contribution in [2.24, 2.45) is 11.8 Å². The quantitative estimate of drug-likeness (QED) is 0.604. The lowest BCUT2D eigenvalue weighted by Gasteiger charge is -2.27. The molecule has 0 aliphatic carbocycles. The molecule has 1 amide bonds. The van der Waals surface area contributed by atoms with E-state index in [4.69, 9.17) is 4.74 Å². The summed E-state index contributed by atoms with van der Waals surface area (Å²) in [6.45, 7) is 9.28. The van der Waals surface area contributed by atoms with E-state index in [9.17, 15) is 18.0 Å². The standard InChI is InChI=1S/C16H30N2O5S/c1-12(2)9-17(10-13(3)4)15(19)11-23-16(20)14-7-6-8-18(14)24(5,21)22/h12-14H,6-11H2,1-5H3. The molecule has 24 heavy (non-hydrogen) atoms. The van der Waals surface area contributed by atoms with Gasteiger partial charge < -0.3 is 9.64 Å². The van der Waals surface area contributed by atoms with Gasteiger partial charge in [-0.2, -0.15) is 4.31 Å². The lowest BCUT2D eigenvalue weighted by atomic mass is 10.1. The number of hydrogen-bond donors (Lipinski definition) is 0. The van der Waals surface area contributed by atoms with Crippen molar-refractivity contribution in [2.45, 2.75) is 46.6 Å². The smallest absolute Gasteiger partial charge is 0.324 e. The van der Waals surface area contributed by atoms with Crippen LogP contribution < -0.4 is 0 Å². The van der Waals surface area contributed by atoms with Crippen LogP contribution in [0.15, 0.2) is 0 Å². The first-order valence-electron chi connectivity index (χ1n) is 8.43. The third-order valence-electron chi connectivity index (χ3n) is 3.76. The van der Waals surface area contributed by atoms with E-state index in [-0.39, 0.29) is 12.5 Å². The largest absolute Gasteiger partial charge is 0.454 e. The maximum atomic E-state index is 12.3. The number of carbonyl (C=O) groups is 2. The maximum Gasteiger partial charge on any atom is 0.324 e. The Hall–Kier alpha value is -1.15. The van der Waals surface area contributed by atoms with E-state index >= 15 is 0 Å². The van der Waals surface area contributed by atoms with Crippen molar-refractivity contribution >= 4 is 21.9 Å². The number of sulfonamides is 1. The van der Waals surface area contributed by atoms with E-state index in [2.05, 4.69) is 0 Å². The van der Waals surface area contributed by atoms with Gasteiger partial charge in [0.25, 0.3) is 5.91 Å². The Morgan fingerprint density at radius 3 is 2.17 bits per heavy atom. The van der Waals surface area contributed by atoms with E-state index in [0.29, 0.717) is 44.3 Å². The second-order valence-electron chi connectivity index (χ2n) is 7.23. The summed E-state index contributed by atoms with van der Waals surface area (Å²) >= 11 is 0. The summed E-state index contributed by atoms with van der Waals surface area (Å²) in [6.07, 6.45) is 2.13. The fourth-order valence-electron chi connectivity index (χ4n) is 2.85. The topological polar surface area (TPSA) is 84.0 Å². The minimum atomic E-state index is -3.45. The van der Waals surface area contributed by atoms with Crippen molar-refractivity contribution < 1.29 is 22.7 Å². The number of rotatable bonds is 8. The Morgan fingerprint density at radius 2 is 1.71 bits per heavy atom. The van der Waals surface area contributed by atoms with Gasteiger partial charge in [-0.05, 0) is 24.7 Å². The van der Waals surface area contributed by atoms with Crippen LogP contribution in [0.2, 0.25) is 0 Å². The molecule has 0 aromatic heterocycles. The summed E-state index contributed by atoms with van der Waals surface area (Å²) in [5.74, 6) is -0.243. The molecule has 8 heteroatoms. The Kier molecular flexibility index (Phi) is 7.66. The highest BCUT2D eigenvalue weighted by atomic mass is 32.2. The van der Waals surface area contributed by atoms with E-state index in [1.54, 1.807) is 4.90 Å². The molecule has 0 aromatic carbocycles. The minimum Gasteiger partial charge on any atom is -0.454 e. The number of esters is 1. The van der Waals surface area contributed by atoms with Gasteiger partial charge in [-0.3, -0.25) is 9.59 Å². The molecule has 0 aromatic rings. The first-order chi connectivity index (χ1) is 11.0. The molecule has 1 aliphatic heterocycles. The fourth-order valence-corrected chi connectivity index (χ4v) is 3.97. The number of amides is 1. The van der Waals surface area contributed by atoms with Gasteiger partial charge in [0, 0.05) is 19.6 Å². The predicted octanol–water partition coefficient (Wildman–Crippen LogP) is 1.09. The molecular formula is C16H30N2O5S. The zero-order valence-corrected chi connectivity index (χ0v) is 16.1. The average Bonchev–Trinajstić information content (AvgIpc) is 2.92. The summed E-state index contributed by atoms with van der Waals surface area (Å²) < 4.78 is 29.6.